The van der Waals surface area contributed by atoms with Crippen molar-refractivity contribution in [3.05, 3.63) is 12.2 Å². The fourth-order valence-corrected chi connectivity index (χ4v) is 2.71. The molecule has 0 bridgehead atoms. The molecule has 1 rings (SSSR count). The molecule has 90 valence electrons. The maximum absolute atomic E-state index is 11.3. The molecule has 0 aromatic carbocycles. The predicted molar refractivity (Wildman–Crippen MR) is 64.5 cm³/mol. The van der Waals surface area contributed by atoms with Crippen LogP contribution in [-0.4, -0.2) is 34.5 Å². The molecule has 1 aliphatic carbocycles. The van der Waals surface area contributed by atoms with Crippen LogP contribution >= 0.6 is 11.8 Å². The normalized spacial score (nSPS) is 25.6. The molecule has 0 aromatic heterocycles. The first-order chi connectivity index (χ1) is 7.61. The average molecular weight is 243 g/mol. The van der Waals surface area contributed by atoms with E-state index in [1.54, 1.807) is 0 Å². The highest BCUT2D eigenvalue weighted by Gasteiger charge is 2.21. The zero-order valence-electron chi connectivity index (χ0n) is 9.31. The van der Waals surface area contributed by atoms with Crippen LogP contribution in [0.4, 0.5) is 0 Å². The summed E-state index contributed by atoms with van der Waals surface area (Å²) in [6, 6.07) is 0.192. The highest BCUT2D eigenvalue weighted by Crippen LogP contribution is 2.26. The van der Waals surface area contributed by atoms with Gasteiger partial charge in [-0.3, -0.25) is 4.79 Å². The number of carboxylic acids is 1. The van der Waals surface area contributed by atoms with Crippen molar-refractivity contribution in [3.8, 4) is 0 Å². The van der Waals surface area contributed by atoms with Crippen LogP contribution in [-0.2, 0) is 9.59 Å². The van der Waals surface area contributed by atoms with Crippen molar-refractivity contribution in [1.82, 2.24) is 5.32 Å². The first kappa shape index (κ1) is 13.1. The summed E-state index contributed by atoms with van der Waals surface area (Å²) in [6.07, 6.45) is 8.32. The number of carbonyl (C=O) groups is 2. The third-order valence-corrected chi connectivity index (χ3v) is 3.78. The molecule has 0 radical (unpaired) electrons. The standard InChI is InChI=1S/C11H17NO3S/c1-16-9-4-2-3-8(7-9)12-10(13)5-6-11(14)15/h5-6,8-9H,2-4,7H2,1H3,(H,12,13)(H,14,15)/b6-5+. The van der Waals surface area contributed by atoms with Gasteiger partial charge in [-0.25, -0.2) is 4.79 Å². The SMILES string of the molecule is CSC1CCCC(NC(=O)/C=C/C(=O)O)C1. The Hall–Kier alpha value is -0.970. The Balaban J connectivity index is 2.36. The molecule has 4 nitrogen and oxygen atoms in total. The van der Waals surface area contributed by atoms with Gasteiger partial charge in [-0.2, -0.15) is 11.8 Å². The Labute approximate surface area is 99.5 Å². The summed E-state index contributed by atoms with van der Waals surface area (Å²) >= 11 is 1.83. The molecule has 1 amide bonds. The van der Waals surface area contributed by atoms with Crippen LogP contribution in [0, 0.1) is 0 Å². The van der Waals surface area contributed by atoms with Crippen LogP contribution in [0.25, 0.3) is 0 Å². The summed E-state index contributed by atoms with van der Waals surface area (Å²) in [5.74, 6) is -1.41. The summed E-state index contributed by atoms with van der Waals surface area (Å²) in [5, 5.41) is 11.8. The zero-order valence-corrected chi connectivity index (χ0v) is 10.1. The van der Waals surface area contributed by atoms with Gasteiger partial charge < -0.3 is 10.4 Å². The van der Waals surface area contributed by atoms with E-state index in [1.165, 1.54) is 6.42 Å². The summed E-state index contributed by atoms with van der Waals surface area (Å²) in [4.78, 5) is 21.6. The fourth-order valence-electron chi connectivity index (χ4n) is 1.89. The van der Waals surface area contributed by atoms with Gasteiger partial charge in [0.2, 0.25) is 5.91 Å². The average Bonchev–Trinajstić information content (AvgIpc) is 2.26. The number of hydrogen-bond acceptors (Lipinski definition) is 3. The second kappa shape index (κ2) is 6.58. The maximum atomic E-state index is 11.3. The minimum atomic E-state index is -1.10. The van der Waals surface area contributed by atoms with Crippen molar-refractivity contribution in [2.75, 3.05) is 6.26 Å². The Morgan fingerprint density at radius 3 is 2.75 bits per heavy atom. The first-order valence-corrected chi connectivity index (χ1v) is 6.65. The molecule has 0 heterocycles. The van der Waals surface area contributed by atoms with E-state index in [9.17, 15) is 9.59 Å². The lowest BCUT2D eigenvalue weighted by molar-refractivity contribution is -0.131. The third kappa shape index (κ3) is 4.70. The molecule has 5 heteroatoms. The van der Waals surface area contributed by atoms with E-state index in [0.717, 1.165) is 31.4 Å². The number of carbonyl (C=O) groups excluding carboxylic acids is 1. The van der Waals surface area contributed by atoms with Crippen LogP contribution in [0.1, 0.15) is 25.7 Å². The Bertz CT molecular complexity index is 291. The number of nitrogens with one attached hydrogen (secondary N) is 1. The monoisotopic (exact) mass is 243 g/mol. The summed E-state index contributed by atoms with van der Waals surface area (Å²) in [6.45, 7) is 0. The molecule has 0 aliphatic heterocycles. The zero-order chi connectivity index (χ0) is 12.0. The van der Waals surface area contributed by atoms with Crippen molar-refractivity contribution >= 4 is 23.6 Å². The van der Waals surface area contributed by atoms with Crippen molar-refractivity contribution in [2.45, 2.75) is 37.0 Å². The van der Waals surface area contributed by atoms with Gasteiger partial charge in [-0.05, 0) is 25.5 Å². The van der Waals surface area contributed by atoms with Crippen LogP contribution in [0.3, 0.4) is 0 Å². The topological polar surface area (TPSA) is 66.4 Å². The van der Waals surface area contributed by atoms with Gasteiger partial charge in [0.1, 0.15) is 0 Å². The number of carboxylic acid groups (broad SMARTS) is 1. The Kier molecular flexibility index (Phi) is 5.38. The number of aliphatic carboxylic acids is 1. The van der Waals surface area contributed by atoms with E-state index in [4.69, 9.17) is 5.11 Å². The van der Waals surface area contributed by atoms with Gasteiger partial charge >= 0.3 is 5.97 Å². The highest BCUT2D eigenvalue weighted by atomic mass is 32.2. The molecule has 1 saturated carbocycles. The predicted octanol–water partition coefficient (Wildman–Crippen LogP) is 1.42. The Morgan fingerprint density at radius 2 is 2.12 bits per heavy atom. The Morgan fingerprint density at radius 1 is 1.38 bits per heavy atom. The lowest BCUT2D eigenvalue weighted by atomic mass is 9.95. The molecule has 1 aliphatic rings. The second-order valence-electron chi connectivity index (χ2n) is 3.90. The summed E-state index contributed by atoms with van der Waals surface area (Å²) in [7, 11) is 0. The second-order valence-corrected chi connectivity index (χ2v) is 5.04. The molecule has 2 atom stereocenters. The van der Waals surface area contributed by atoms with E-state index in [0.29, 0.717) is 5.25 Å². The maximum Gasteiger partial charge on any atom is 0.328 e. The molecule has 0 saturated heterocycles. The number of thioether (sulfide) groups is 1. The third-order valence-electron chi connectivity index (χ3n) is 2.68. The molecule has 16 heavy (non-hydrogen) atoms. The van der Waals surface area contributed by atoms with Crippen LogP contribution in [0.15, 0.2) is 12.2 Å². The molecule has 2 unspecified atom stereocenters. The quantitative estimate of drug-likeness (QED) is 0.733. The van der Waals surface area contributed by atoms with Crippen molar-refractivity contribution in [3.63, 3.8) is 0 Å². The van der Waals surface area contributed by atoms with Crippen molar-refractivity contribution < 1.29 is 14.7 Å². The van der Waals surface area contributed by atoms with Gasteiger partial charge in [-0.1, -0.05) is 6.42 Å². The largest absolute Gasteiger partial charge is 0.478 e. The summed E-state index contributed by atoms with van der Waals surface area (Å²) < 4.78 is 0. The number of rotatable bonds is 4. The number of amides is 1. The lowest BCUT2D eigenvalue weighted by Crippen LogP contribution is -2.38. The molecular formula is C11H17NO3S. The van der Waals surface area contributed by atoms with Crippen LogP contribution < -0.4 is 5.32 Å². The van der Waals surface area contributed by atoms with Crippen molar-refractivity contribution in [1.29, 1.82) is 0 Å². The minimum Gasteiger partial charge on any atom is -0.478 e. The van der Waals surface area contributed by atoms with E-state index in [-0.39, 0.29) is 11.9 Å². The first-order valence-electron chi connectivity index (χ1n) is 5.36. The molecule has 2 N–H and O–H groups in total. The molecule has 0 aromatic rings. The van der Waals surface area contributed by atoms with Gasteiger partial charge in [0.25, 0.3) is 0 Å². The van der Waals surface area contributed by atoms with E-state index in [1.807, 2.05) is 11.8 Å². The smallest absolute Gasteiger partial charge is 0.328 e. The number of hydrogen-bond donors (Lipinski definition) is 2. The van der Waals surface area contributed by atoms with E-state index in [2.05, 4.69) is 11.6 Å². The van der Waals surface area contributed by atoms with E-state index >= 15 is 0 Å². The van der Waals surface area contributed by atoms with Crippen molar-refractivity contribution in [2.24, 2.45) is 0 Å². The van der Waals surface area contributed by atoms with Gasteiger partial charge in [0, 0.05) is 23.4 Å². The van der Waals surface area contributed by atoms with Crippen LogP contribution in [0.2, 0.25) is 0 Å². The molecule has 1 fully saturated rings. The molecule has 0 spiro atoms. The summed E-state index contributed by atoms with van der Waals surface area (Å²) in [5.41, 5.74) is 0. The van der Waals surface area contributed by atoms with Crippen LogP contribution in [0.5, 0.6) is 0 Å². The van der Waals surface area contributed by atoms with Gasteiger partial charge in [0.15, 0.2) is 0 Å². The fraction of sp³-hybridized carbons (Fsp3) is 0.636. The lowest BCUT2D eigenvalue weighted by Gasteiger charge is -2.28. The molecular weight excluding hydrogens is 226 g/mol. The minimum absolute atomic E-state index is 0.192. The van der Waals surface area contributed by atoms with Gasteiger partial charge in [-0.15, -0.1) is 0 Å². The van der Waals surface area contributed by atoms with E-state index < -0.39 is 5.97 Å². The van der Waals surface area contributed by atoms with Gasteiger partial charge in [0.05, 0.1) is 0 Å². The highest BCUT2D eigenvalue weighted by molar-refractivity contribution is 7.99.